The lowest BCUT2D eigenvalue weighted by molar-refractivity contribution is -0.117. The van der Waals surface area contributed by atoms with Crippen molar-refractivity contribution in [3.63, 3.8) is 0 Å². The van der Waals surface area contributed by atoms with Crippen LogP contribution in [0.1, 0.15) is 25.3 Å². The van der Waals surface area contributed by atoms with Crippen LogP contribution in [0.3, 0.4) is 0 Å². The van der Waals surface area contributed by atoms with Gasteiger partial charge in [0.15, 0.2) is 0 Å². The number of hydrogen-bond donors (Lipinski definition) is 0. The van der Waals surface area contributed by atoms with Crippen molar-refractivity contribution < 1.29 is 9.63 Å². The van der Waals surface area contributed by atoms with Crippen molar-refractivity contribution in [2.75, 3.05) is 18.6 Å². The van der Waals surface area contributed by atoms with E-state index in [2.05, 4.69) is 29.4 Å². The minimum atomic E-state index is 0.218. The van der Waals surface area contributed by atoms with E-state index in [0.29, 0.717) is 6.42 Å². The molecule has 1 fully saturated rings. The standard InChI is InChI=1S/C19H20N2O2/c1-14(20-23-2)15-5-7-16(8-6-15)17-9-11-18(12-10-17)21-13-3-4-19(21)22/h5-12H,3-4,13H2,1-2H3/b20-14+. The number of nitrogens with zero attached hydrogens (tertiary/aromatic N) is 2. The number of hydrogen-bond acceptors (Lipinski definition) is 3. The minimum Gasteiger partial charge on any atom is -0.399 e. The molecule has 0 aromatic heterocycles. The predicted octanol–water partition coefficient (Wildman–Crippen LogP) is 3.85. The molecular formula is C19H20N2O2. The van der Waals surface area contributed by atoms with Crippen molar-refractivity contribution in [2.45, 2.75) is 19.8 Å². The van der Waals surface area contributed by atoms with Crippen LogP contribution < -0.4 is 4.90 Å². The molecule has 4 nitrogen and oxygen atoms in total. The van der Waals surface area contributed by atoms with Crippen LogP contribution in [0.2, 0.25) is 0 Å². The molecule has 0 atom stereocenters. The van der Waals surface area contributed by atoms with E-state index in [1.54, 1.807) is 7.11 Å². The summed E-state index contributed by atoms with van der Waals surface area (Å²) >= 11 is 0. The summed E-state index contributed by atoms with van der Waals surface area (Å²) in [5, 5.41) is 3.94. The minimum absolute atomic E-state index is 0.218. The molecule has 0 unspecified atom stereocenters. The van der Waals surface area contributed by atoms with Gasteiger partial charge in [0, 0.05) is 18.7 Å². The maximum absolute atomic E-state index is 11.8. The van der Waals surface area contributed by atoms with Crippen LogP contribution in [0.25, 0.3) is 11.1 Å². The van der Waals surface area contributed by atoms with Crippen molar-refractivity contribution in [1.29, 1.82) is 0 Å². The maximum atomic E-state index is 11.8. The molecule has 3 rings (SSSR count). The molecule has 118 valence electrons. The lowest BCUT2D eigenvalue weighted by Crippen LogP contribution is -2.23. The van der Waals surface area contributed by atoms with E-state index in [0.717, 1.165) is 41.1 Å². The van der Waals surface area contributed by atoms with Crippen molar-refractivity contribution in [2.24, 2.45) is 5.16 Å². The highest BCUT2D eigenvalue weighted by molar-refractivity contribution is 5.98. The third-order valence-electron chi connectivity index (χ3n) is 4.12. The van der Waals surface area contributed by atoms with Gasteiger partial charge in [-0.25, -0.2) is 0 Å². The third-order valence-corrected chi connectivity index (χ3v) is 4.12. The first-order chi connectivity index (χ1) is 11.2. The van der Waals surface area contributed by atoms with E-state index >= 15 is 0 Å². The average Bonchev–Trinajstić information content (AvgIpc) is 3.01. The van der Waals surface area contributed by atoms with E-state index in [-0.39, 0.29) is 5.91 Å². The summed E-state index contributed by atoms with van der Waals surface area (Å²) in [6, 6.07) is 16.4. The molecule has 4 heteroatoms. The second-order valence-corrected chi connectivity index (χ2v) is 5.63. The zero-order valence-electron chi connectivity index (χ0n) is 13.5. The summed E-state index contributed by atoms with van der Waals surface area (Å²) in [4.78, 5) is 18.4. The number of oxime groups is 1. The fourth-order valence-corrected chi connectivity index (χ4v) is 2.85. The third kappa shape index (κ3) is 3.26. The molecule has 0 aliphatic carbocycles. The van der Waals surface area contributed by atoms with Gasteiger partial charge in [-0.05, 0) is 42.2 Å². The molecule has 0 N–H and O–H groups in total. The largest absolute Gasteiger partial charge is 0.399 e. The van der Waals surface area contributed by atoms with Gasteiger partial charge >= 0.3 is 0 Å². The van der Waals surface area contributed by atoms with Gasteiger partial charge in [0.25, 0.3) is 0 Å². The summed E-state index contributed by atoms with van der Waals surface area (Å²) in [6.45, 7) is 2.74. The van der Waals surface area contributed by atoms with Gasteiger partial charge in [-0.3, -0.25) is 4.79 Å². The van der Waals surface area contributed by atoms with Crippen molar-refractivity contribution >= 4 is 17.3 Å². The van der Waals surface area contributed by atoms with E-state index < -0.39 is 0 Å². The first-order valence-corrected chi connectivity index (χ1v) is 7.78. The molecule has 1 aliphatic heterocycles. The highest BCUT2D eigenvalue weighted by Gasteiger charge is 2.21. The maximum Gasteiger partial charge on any atom is 0.227 e. The molecule has 1 aliphatic rings. The van der Waals surface area contributed by atoms with Crippen LogP contribution in [0.15, 0.2) is 53.7 Å². The SMILES string of the molecule is CO/N=C(\C)c1ccc(-c2ccc(N3CCCC3=O)cc2)cc1. The van der Waals surface area contributed by atoms with Crippen LogP contribution >= 0.6 is 0 Å². The van der Waals surface area contributed by atoms with Crippen LogP contribution in [-0.4, -0.2) is 25.3 Å². The van der Waals surface area contributed by atoms with Crippen molar-refractivity contribution in [3.05, 3.63) is 54.1 Å². The van der Waals surface area contributed by atoms with Gasteiger partial charge < -0.3 is 9.74 Å². The Balaban J connectivity index is 1.79. The first-order valence-electron chi connectivity index (χ1n) is 7.78. The van der Waals surface area contributed by atoms with Gasteiger partial charge in [-0.2, -0.15) is 0 Å². The molecule has 2 aromatic rings. The molecule has 2 aromatic carbocycles. The summed E-state index contributed by atoms with van der Waals surface area (Å²) in [5.74, 6) is 0.218. The Morgan fingerprint density at radius 3 is 2.17 bits per heavy atom. The van der Waals surface area contributed by atoms with E-state index in [9.17, 15) is 4.79 Å². The molecular weight excluding hydrogens is 288 g/mol. The zero-order chi connectivity index (χ0) is 16.2. The number of anilines is 1. The Hall–Kier alpha value is -2.62. The predicted molar refractivity (Wildman–Crippen MR) is 92.7 cm³/mol. The number of rotatable bonds is 4. The van der Waals surface area contributed by atoms with Gasteiger partial charge in [0.05, 0.1) is 5.71 Å². The molecule has 0 bridgehead atoms. The highest BCUT2D eigenvalue weighted by Crippen LogP contribution is 2.26. The fraction of sp³-hybridized carbons (Fsp3) is 0.263. The van der Waals surface area contributed by atoms with Gasteiger partial charge in [0.2, 0.25) is 5.91 Å². The van der Waals surface area contributed by atoms with E-state index in [1.807, 2.05) is 36.1 Å². The zero-order valence-corrected chi connectivity index (χ0v) is 13.5. The summed E-state index contributed by atoms with van der Waals surface area (Å²) in [6.07, 6.45) is 1.61. The van der Waals surface area contributed by atoms with Crippen LogP contribution in [0.5, 0.6) is 0 Å². The number of carbonyl (C=O) groups is 1. The highest BCUT2D eigenvalue weighted by atomic mass is 16.6. The molecule has 23 heavy (non-hydrogen) atoms. The monoisotopic (exact) mass is 308 g/mol. The smallest absolute Gasteiger partial charge is 0.227 e. The number of amides is 1. The summed E-state index contributed by atoms with van der Waals surface area (Å²) in [7, 11) is 1.55. The van der Waals surface area contributed by atoms with Crippen LogP contribution in [-0.2, 0) is 9.63 Å². The van der Waals surface area contributed by atoms with Crippen LogP contribution in [0, 0.1) is 0 Å². The Morgan fingerprint density at radius 2 is 1.65 bits per heavy atom. The molecule has 0 saturated carbocycles. The Kier molecular flexibility index (Phi) is 4.42. The molecule has 1 saturated heterocycles. The average molecular weight is 308 g/mol. The Labute approximate surface area is 136 Å². The van der Waals surface area contributed by atoms with E-state index in [4.69, 9.17) is 4.84 Å². The molecule has 0 radical (unpaired) electrons. The molecule has 1 heterocycles. The Bertz CT molecular complexity index is 718. The van der Waals surface area contributed by atoms with Crippen molar-refractivity contribution in [3.8, 4) is 11.1 Å². The molecule has 0 spiro atoms. The van der Waals surface area contributed by atoms with E-state index in [1.165, 1.54) is 0 Å². The normalized spacial score (nSPS) is 15.1. The summed E-state index contributed by atoms with van der Waals surface area (Å²) < 4.78 is 0. The summed E-state index contributed by atoms with van der Waals surface area (Å²) in [5.41, 5.74) is 5.14. The first kappa shape index (κ1) is 15.3. The van der Waals surface area contributed by atoms with Gasteiger partial charge in [0.1, 0.15) is 7.11 Å². The topological polar surface area (TPSA) is 41.9 Å². The lowest BCUT2D eigenvalue weighted by atomic mass is 10.0. The second kappa shape index (κ2) is 6.65. The lowest BCUT2D eigenvalue weighted by Gasteiger charge is -2.16. The second-order valence-electron chi connectivity index (χ2n) is 5.63. The fourth-order valence-electron chi connectivity index (χ4n) is 2.85. The molecule has 1 amide bonds. The van der Waals surface area contributed by atoms with Crippen molar-refractivity contribution in [1.82, 2.24) is 0 Å². The van der Waals surface area contributed by atoms with Gasteiger partial charge in [-0.1, -0.05) is 41.6 Å². The number of carbonyl (C=O) groups excluding carboxylic acids is 1. The number of benzene rings is 2. The van der Waals surface area contributed by atoms with Crippen LogP contribution in [0.4, 0.5) is 5.69 Å². The quantitative estimate of drug-likeness (QED) is 0.636. The Morgan fingerprint density at radius 1 is 1.04 bits per heavy atom. The van der Waals surface area contributed by atoms with Gasteiger partial charge in [-0.15, -0.1) is 0 Å².